The molecule has 98 valence electrons. The Kier molecular flexibility index (Phi) is 5.50. The van der Waals surface area contributed by atoms with E-state index < -0.39 is 0 Å². The van der Waals surface area contributed by atoms with Crippen LogP contribution in [0.4, 0.5) is 0 Å². The lowest BCUT2D eigenvalue weighted by atomic mass is 9.91. The number of allylic oxidation sites excluding steroid dienone is 4. The van der Waals surface area contributed by atoms with Gasteiger partial charge in [0.15, 0.2) is 0 Å². The Morgan fingerprint density at radius 3 is 2.44 bits per heavy atom. The van der Waals surface area contributed by atoms with E-state index >= 15 is 0 Å². The van der Waals surface area contributed by atoms with Gasteiger partial charge in [0.2, 0.25) is 0 Å². The maximum Gasteiger partial charge on any atom is 0.0397 e. The van der Waals surface area contributed by atoms with Crippen molar-refractivity contribution in [1.82, 2.24) is 5.32 Å². The van der Waals surface area contributed by atoms with Crippen molar-refractivity contribution in [2.24, 2.45) is 17.6 Å². The molecule has 0 bridgehead atoms. The maximum absolute atomic E-state index is 5.85. The van der Waals surface area contributed by atoms with Gasteiger partial charge >= 0.3 is 0 Å². The van der Waals surface area contributed by atoms with E-state index in [0.717, 1.165) is 36.4 Å². The monoisotopic (exact) mass is 244 g/mol. The highest BCUT2D eigenvalue weighted by Crippen LogP contribution is 2.37. The highest BCUT2D eigenvalue weighted by atomic mass is 14.9. The molecule has 1 fully saturated rings. The van der Waals surface area contributed by atoms with Gasteiger partial charge < -0.3 is 11.1 Å². The van der Waals surface area contributed by atoms with Crippen LogP contribution in [0.3, 0.4) is 0 Å². The molecule has 0 radical (unpaired) electrons. The third-order valence-electron chi connectivity index (χ3n) is 3.55. The Hall–Kier alpha value is -1.70. The van der Waals surface area contributed by atoms with Gasteiger partial charge in [-0.25, -0.2) is 0 Å². The van der Waals surface area contributed by atoms with Gasteiger partial charge in [0.25, 0.3) is 0 Å². The first-order valence-corrected chi connectivity index (χ1v) is 6.41. The molecule has 0 aromatic heterocycles. The molecule has 2 nitrogen and oxygen atoms in total. The van der Waals surface area contributed by atoms with Gasteiger partial charge in [0.1, 0.15) is 0 Å². The van der Waals surface area contributed by atoms with E-state index in [0.29, 0.717) is 11.8 Å². The molecule has 1 rings (SSSR count). The van der Waals surface area contributed by atoms with E-state index in [1.807, 2.05) is 12.2 Å². The van der Waals surface area contributed by atoms with E-state index in [1.54, 1.807) is 6.08 Å². The summed E-state index contributed by atoms with van der Waals surface area (Å²) in [5.74, 6) is 0.790. The van der Waals surface area contributed by atoms with Crippen LogP contribution in [0.5, 0.6) is 0 Å². The van der Waals surface area contributed by atoms with Crippen LogP contribution in [-0.4, -0.2) is 6.54 Å². The predicted molar refractivity (Wildman–Crippen MR) is 79.8 cm³/mol. The smallest absolute Gasteiger partial charge is 0.0397 e. The number of nitrogens with one attached hydrogen (secondary N) is 1. The molecular formula is C16H24N2. The van der Waals surface area contributed by atoms with Crippen LogP contribution in [0.1, 0.15) is 19.3 Å². The second-order valence-corrected chi connectivity index (χ2v) is 4.78. The summed E-state index contributed by atoms with van der Waals surface area (Å²) in [4.78, 5) is 0. The fourth-order valence-corrected chi connectivity index (χ4v) is 2.52. The largest absolute Gasteiger partial charge is 0.402 e. The molecule has 0 heterocycles. The normalized spacial score (nSPS) is 23.4. The van der Waals surface area contributed by atoms with Crippen LogP contribution >= 0.6 is 0 Å². The first-order chi connectivity index (χ1) is 8.60. The zero-order valence-electron chi connectivity index (χ0n) is 11.1. The molecule has 0 amide bonds. The summed E-state index contributed by atoms with van der Waals surface area (Å²) < 4.78 is 0. The molecule has 1 saturated carbocycles. The van der Waals surface area contributed by atoms with Crippen LogP contribution in [-0.2, 0) is 0 Å². The number of nitrogens with two attached hydrogens (primary N) is 1. The van der Waals surface area contributed by atoms with Crippen molar-refractivity contribution in [2.45, 2.75) is 19.3 Å². The Bertz CT molecular complexity index is 377. The molecule has 0 aromatic carbocycles. The highest BCUT2D eigenvalue weighted by Gasteiger charge is 2.30. The van der Waals surface area contributed by atoms with Gasteiger partial charge in [-0.3, -0.25) is 0 Å². The summed E-state index contributed by atoms with van der Waals surface area (Å²) in [7, 11) is 0. The average Bonchev–Trinajstić information content (AvgIpc) is 2.83. The lowest BCUT2D eigenvalue weighted by Gasteiger charge is -2.23. The molecule has 18 heavy (non-hydrogen) atoms. The van der Waals surface area contributed by atoms with Gasteiger partial charge in [0, 0.05) is 29.8 Å². The van der Waals surface area contributed by atoms with Crippen molar-refractivity contribution in [2.75, 3.05) is 6.54 Å². The van der Waals surface area contributed by atoms with Crippen molar-refractivity contribution >= 4 is 0 Å². The minimum atomic E-state index is 0.376. The fraction of sp³-hybridized carbons (Fsp3) is 0.375. The summed E-state index contributed by atoms with van der Waals surface area (Å²) >= 11 is 0. The molecular weight excluding hydrogens is 220 g/mol. The molecule has 3 N–H and O–H groups in total. The number of rotatable bonds is 7. The first-order valence-electron chi connectivity index (χ1n) is 6.41. The van der Waals surface area contributed by atoms with Crippen LogP contribution in [0, 0.1) is 11.8 Å². The molecule has 2 heteroatoms. The maximum atomic E-state index is 5.85. The Morgan fingerprint density at radius 2 is 1.89 bits per heavy atom. The standard InChI is InChI=1S/C16H24N2/c1-5-8-14(6-2)11-18-13(4)16-10-7-9-15(16)12(3)17/h5-6,8,15-16,18H,1-4,7,9-11,17H2/b14-8+. The van der Waals surface area contributed by atoms with Crippen LogP contribution in [0.2, 0.25) is 0 Å². The molecule has 2 atom stereocenters. The highest BCUT2D eigenvalue weighted by molar-refractivity contribution is 5.24. The topological polar surface area (TPSA) is 38.0 Å². The molecule has 0 aliphatic heterocycles. The summed E-state index contributed by atoms with van der Waals surface area (Å²) in [6.45, 7) is 16.2. The van der Waals surface area contributed by atoms with E-state index in [2.05, 4.69) is 31.6 Å². The van der Waals surface area contributed by atoms with Crippen LogP contribution in [0.15, 0.2) is 61.5 Å². The summed E-state index contributed by atoms with van der Waals surface area (Å²) in [6, 6.07) is 0. The lowest BCUT2D eigenvalue weighted by molar-refractivity contribution is 0.476. The van der Waals surface area contributed by atoms with E-state index in [1.165, 1.54) is 6.42 Å². The second-order valence-electron chi connectivity index (χ2n) is 4.78. The van der Waals surface area contributed by atoms with Crippen molar-refractivity contribution in [3.63, 3.8) is 0 Å². The molecule has 0 saturated heterocycles. The van der Waals surface area contributed by atoms with Crippen molar-refractivity contribution < 1.29 is 0 Å². The first kappa shape index (κ1) is 14.4. The minimum absolute atomic E-state index is 0.376. The molecule has 1 aliphatic rings. The SMILES string of the molecule is C=C/C=C(\C=C)CNC(=C)C1CCCC1C(=C)N. The van der Waals surface area contributed by atoms with Gasteiger partial charge in [-0.05, 0) is 18.4 Å². The number of hydrogen-bond donors (Lipinski definition) is 2. The van der Waals surface area contributed by atoms with E-state index in [9.17, 15) is 0 Å². The van der Waals surface area contributed by atoms with Crippen molar-refractivity contribution in [1.29, 1.82) is 0 Å². The molecule has 0 aromatic rings. The van der Waals surface area contributed by atoms with Gasteiger partial charge in [0.05, 0.1) is 0 Å². The molecule has 1 aliphatic carbocycles. The van der Waals surface area contributed by atoms with Gasteiger partial charge in [-0.2, -0.15) is 0 Å². The lowest BCUT2D eigenvalue weighted by Crippen LogP contribution is -2.26. The summed E-state index contributed by atoms with van der Waals surface area (Å²) in [5, 5.41) is 3.37. The van der Waals surface area contributed by atoms with Crippen molar-refractivity contribution in [3.8, 4) is 0 Å². The van der Waals surface area contributed by atoms with Crippen molar-refractivity contribution in [3.05, 3.63) is 61.5 Å². The predicted octanol–water partition coefficient (Wildman–Crippen LogP) is 3.28. The van der Waals surface area contributed by atoms with E-state index in [-0.39, 0.29) is 0 Å². The Morgan fingerprint density at radius 1 is 1.22 bits per heavy atom. The zero-order valence-corrected chi connectivity index (χ0v) is 11.1. The quantitative estimate of drug-likeness (QED) is 0.674. The minimum Gasteiger partial charge on any atom is -0.402 e. The van der Waals surface area contributed by atoms with Gasteiger partial charge in [-0.1, -0.05) is 51.0 Å². The third kappa shape index (κ3) is 3.66. The number of hydrogen-bond acceptors (Lipinski definition) is 2. The Balaban J connectivity index is 2.55. The average molecular weight is 244 g/mol. The fourth-order valence-electron chi connectivity index (χ4n) is 2.52. The Labute approximate surface area is 111 Å². The third-order valence-corrected chi connectivity index (χ3v) is 3.55. The van der Waals surface area contributed by atoms with Crippen LogP contribution in [0.25, 0.3) is 0 Å². The van der Waals surface area contributed by atoms with Crippen LogP contribution < -0.4 is 11.1 Å². The second kappa shape index (κ2) is 6.90. The molecule has 2 unspecified atom stereocenters. The summed E-state index contributed by atoms with van der Waals surface area (Å²) in [6.07, 6.45) is 9.00. The summed E-state index contributed by atoms with van der Waals surface area (Å²) in [5.41, 5.74) is 8.80. The molecule has 0 spiro atoms. The zero-order chi connectivity index (χ0) is 13.5. The van der Waals surface area contributed by atoms with E-state index in [4.69, 9.17) is 5.73 Å². The van der Waals surface area contributed by atoms with Gasteiger partial charge in [-0.15, -0.1) is 0 Å².